The lowest BCUT2D eigenvalue weighted by atomic mass is 10.2. The van der Waals surface area contributed by atoms with Gasteiger partial charge in [-0.15, -0.1) is 0 Å². The van der Waals surface area contributed by atoms with Gasteiger partial charge in [0.25, 0.3) is 0 Å². The van der Waals surface area contributed by atoms with Crippen molar-refractivity contribution in [3.63, 3.8) is 0 Å². The topological polar surface area (TPSA) is 78.9 Å². The van der Waals surface area contributed by atoms with Crippen LogP contribution in [0.3, 0.4) is 0 Å². The zero-order valence-corrected chi connectivity index (χ0v) is 10.6. The zero-order chi connectivity index (χ0) is 13.0. The summed E-state index contributed by atoms with van der Waals surface area (Å²) in [5.41, 5.74) is 7.31. The monoisotopic (exact) mass is 247 g/mol. The van der Waals surface area contributed by atoms with Crippen LogP contribution in [-0.2, 0) is 13.1 Å². The summed E-state index contributed by atoms with van der Waals surface area (Å²) in [6, 6.07) is 0.320. The minimum Gasteiger partial charge on any atom is -0.421 e. The average Bonchev–Trinajstić information content (AvgIpc) is 2.77. The maximum atomic E-state index is 5.56. The Hall–Kier alpha value is -1.95. The van der Waals surface area contributed by atoms with Gasteiger partial charge in [0.15, 0.2) is 5.75 Å². The minimum absolute atomic E-state index is 0.320. The van der Waals surface area contributed by atoms with Crippen LogP contribution in [0, 0.1) is 6.92 Å². The Kier molecular flexibility index (Phi) is 3.88. The molecule has 2 heterocycles. The molecule has 0 spiro atoms. The Labute approximate surface area is 106 Å². The largest absolute Gasteiger partial charge is 0.421 e. The molecule has 6 nitrogen and oxygen atoms in total. The van der Waals surface area contributed by atoms with Crippen molar-refractivity contribution in [2.24, 2.45) is 5.73 Å². The van der Waals surface area contributed by atoms with E-state index in [-0.39, 0.29) is 0 Å². The van der Waals surface area contributed by atoms with E-state index in [2.05, 4.69) is 22.0 Å². The van der Waals surface area contributed by atoms with Crippen molar-refractivity contribution in [2.45, 2.75) is 33.4 Å². The third-order valence-electron chi connectivity index (χ3n) is 2.55. The van der Waals surface area contributed by atoms with E-state index in [4.69, 9.17) is 10.5 Å². The van der Waals surface area contributed by atoms with Gasteiger partial charge in [-0.05, 0) is 13.3 Å². The number of ether oxygens (including phenoxy) is 1. The van der Waals surface area contributed by atoms with E-state index in [1.807, 2.05) is 17.8 Å². The minimum atomic E-state index is 0.320. The van der Waals surface area contributed by atoms with Crippen LogP contribution in [0.1, 0.15) is 24.6 Å². The van der Waals surface area contributed by atoms with Crippen molar-refractivity contribution in [3.8, 4) is 11.8 Å². The summed E-state index contributed by atoms with van der Waals surface area (Å²) in [5, 5.41) is 4.17. The third-order valence-corrected chi connectivity index (χ3v) is 2.55. The molecule has 18 heavy (non-hydrogen) atoms. The molecular formula is C12H17N5O. The van der Waals surface area contributed by atoms with Gasteiger partial charge >= 0.3 is 6.01 Å². The highest BCUT2D eigenvalue weighted by Gasteiger charge is 2.06. The zero-order valence-electron chi connectivity index (χ0n) is 10.6. The molecule has 2 N–H and O–H groups in total. The van der Waals surface area contributed by atoms with Gasteiger partial charge in [0, 0.05) is 30.5 Å². The van der Waals surface area contributed by atoms with Gasteiger partial charge in [-0.1, -0.05) is 6.92 Å². The Morgan fingerprint density at radius 2 is 2.22 bits per heavy atom. The number of rotatable bonds is 5. The summed E-state index contributed by atoms with van der Waals surface area (Å²) in [7, 11) is 0. The summed E-state index contributed by atoms with van der Waals surface area (Å²) in [4.78, 5) is 8.35. The molecule has 0 aliphatic carbocycles. The van der Waals surface area contributed by atoms with E-state index < -0.39 is 0 Å². The first-order valence-electron chi connectivity index (χ1n) is 5.95. The predicted molar refractivity (Wildman–Crippen MR) is 67.3 cm³/mol. The predicted octanol–water partition coefficient (Wildman–Crippen LogP) is 1.64. The van der Waals surface area contributed by atoms with Gasteiger partial charge in [0.1, 0.15) is 0 Å². The van der Waals surface area contributed by atoms with E-state index in [1.165, 1.54) is 0 Å². The van der Waals surface area contributed by atoms with Crippen LogP contribution >= 0.6 is 0 Å². The van der Waals surface area contributed by atoms with Gasteiger partial charge < -0.3 is 10.5 Å². The fourth-order valence-corrected chi connectivity index (χ4v) is 1.57. The standard InChI is InChI=1S/C12H17N5O/c1-3-4-17-8-11(7-15-17)18-12-14-6-10(5-13)9(2)16-12/h6-8H,3-5,13H2,1-2H3. The highest BCUT2D eigenvalue weighted by atomic mass is 16.5. The molecule has 6 heteroatoms. The molecule has 2 aromatic rings. The van der Waals surface area contributed by atoms with Gasteiger partial charge in [0.05, 0.1) is 12.4 Å². The van der Waals surface area contributed by atoms with Gasteiger partial charge in [-0.3, -0.25) is 4.68 Å². The summed E-state index contributed by atoms with van der Waals surface area (Å²) in [6.07, 6.45) is 6.21. The van der Waals surface area contributed by atoms with Crippen molar-refractivity contribution in [1.82, 2.24) is 19.7 Å². The Morgan fingerprint density at radius 3 is 2.89 bits per heavy atom. The second-order valence-corrected chi connectivity index (χ2v) is 4.01. The first kappa shape index (κ1) is 12.5. The summed E-state index contributed by atoms with van der Waals surface area (Å²) < 4.78 is 7.37. The van der Waals surface area contributed by atoms with Gasteiger partial charge in [-0.2, -0.15) is 10.1 Å². The van der Waals surface area contributed by atoms with Crippen molar-refractivity contribution in [3.05, 3.63) is 29.8 Å². The van der Waals surface area contributed by atoms with Crippen LogP contribution in [0.25, 0.3) is 0 Å². The maximum Gasteiger partial charge on any atom is 0.322 e. The number of hydrogen-bond donors (Lipinski definition) is 1. The lowest BCUT2D eigenvalue weighted by molar-refractivity contribution is 0.438. The van der Waals surface area contributed by atoms with Crippen LogP contribution in [0.15, 0.2) is 18.6 Å². The Morgan fingerprint density at radius 1 is 1.39 bits per heavy atom. The average molecular weight is 247 g/mol. The van der Waals surface area contributed by atoms with E-state index in [9.17, 15) is 0 Å². The molecule has 0 fully saturated rings. The first-order chi connectivity index (χ1) is 8.72. The van der Waals surface area contributed by atoms with Crippen LogP contribution in [0.2, 0.25) is 0 Å². The number of nitrogens with two attached hydrogens (primary N) is 1. The Bertz CT molecular complexity index is 523. The summed E-state index contributed by atoms with van der Waals surface area (Å²) in [6.45, 7) is 5.29. The van der Waals surface area contributed by atoms with Crippen LogP contribution in [0.5, 0.6) is 11.8 Å². The molecule has 2 rings (SSSR count). The molecule has 0 bridgehead atoms. The molecule has 0 aliphatic heterocycles. The normalized spacial score (nSPS) is 10.6. The second-order valence-electron chi connectivity index (χ2n) is 4.01. The molecule has 0 unspecified atom stereocenters. The molecule has 0 saturated heterocycles. The molecule has 0 radical (unpaired) electrons. The smallest absolute Gasteiger partial charge is 0.322 e. The molecule has 0 aromatic carbocycles. The molecule has 2 aromatic heterocycles. The molecule has 0 saturated carbocycles. The van der Waals surface area contributed by atoms with E-state index >= 15 is 0 Å². The fourth-order valence-electron chi connectivity index (χ4n) is 1.57. The number of aryl methyl sites for hydroxylation is 2. The lowest BCUT2D eigenvalue weighted by Crippen LogP contribution is -2.03. The second kappa shape index (κ2) is 5.59. The van der Waals surface area contributed by atoms with Crippen LogP contribution < -0.4 is 10.5 Å². The highest BCUT2D eigenvalue weighted by Crippen LogP contribution is 2.17. The molecular weight excluding hydrogens is 230 g/mol. The van der Waals surface area contributed by atoms with E-state index in [0.29, 0.717) is 18.3 Å². The lowest BCUT2D eigenvalue weighted by Gasteiger charge is -2.04. The Balaban J connectivity index is 2.10. The van der Waals surface area contributed by atoms with Gasteiger partial charge in [0.2, 0.25) is 0 Å². The third kappa shape index (κ3) is 2.84. The van der Waals surface area contributed by atoms with E-state index in [1.54, 1.807) is 12.4 Å². The van der Waals surface area contributed by atoms with Crippen molar-refractivity contribution in [2.75, 3.05) is 0 Å². The number of aromatic nitrogens is 4. The molecule has 0 aliphatic rings. The number of nitrogens with zero attached hydrogens (tertiary/aromatic N) is 4. The van der Waals surface area contributed by atoms with Crippen molar-refractivity contribution < 1.29 is 4.74 Å². The quantitative estimate of drug-likeness (QED) is 0.869. The van der Waals surface area contributed by atoms with Crippen molar-refractivity contribution >= 4 is 0 Å². The first-order valence-corrected chi connectivity index (χ1v) is 5.95. The maximum absolute atomic E-state index is 5.56. The van der Waals surface area contributed by atoms with Crippen LogP contribution in [0.4, 0.5) is 0 Å². The molecule has 0 atom stereocenters. The molecule has 0 amide bonds. The summed E-state index contributed by atoms with van der Waals surface area (Å²) in [5.74, 6) is 0.642. The highest BCUT2D eigenvalue weighted by molar-refractivity contribution is 5.21. The summed E-state index contributed by atoms with van der Waals surface area (Å²) >= 11 is 0. The molecule has 96 valence electrons. The SMILES string of the molecule is CCCn1cc(Oc2ncc(CN)c(C)n2)cn1. The van der Waals surface area contributed by atoms with Crippen LogP contribution in [-0.4, -0.2) is 19.7 Å². The van der Waals surface area contributed by atoms with E-state index in [0.717, 1.165) is 24.2 Å². The fraction of sp³-hybridized carbons (Fsp3) is 0.417. The van der Waals surface area contributed by atoms with Crippen molar-refractivity contribution in [1.29, 1.82) is 0 Å². The van der Waals surface area contributed by atoms with Gasteiger partial charge in [-0.25, -0.2) is 4.98 Å². The number of hydrogen-bond acceptors (Lipinski definition) is 5.